The average molecular weight is 375 g/mol. The molecule has 3 rings (SSSR count). The number of carbonyl (C=O) groups excluding carboxylic acids is 1. The fraction of sp³-hybridized carbons (Fsp3) is 0.684. The molecule has 2 aliphatic heterocycles. The molecule has 0 radical (unpaired) electrons. The number of nitrogens with one attached hydrogen (secondary N) is 1. The van der Waals surface area contributed by atoms with Crippen molar-refractivity contribution in [1.29, 1.82) is 0 Å². The van der Waals surface area contributed by atoms with Crippen LogP contribution in [0.25, 0.3) is 0 Å². The first-order valence-electron chi connectivity index (χ1n) is 9.69. The van der Waals surface area contributed by atoms with Crippen molar-refractivity contribution in [3.8, 4) is 0 Å². The van der Waals surface area contributed by atoms with E-state index in [9.17, 15) is 14.7 Å². The number of carboxylic acids is 1. The largest absolute Gasteiger partial charge is 0.480 e. The summed E-state index contributed by atoms with van der Waals surface area (Å²) < 4.78 is 0. The van der Waals surface area contributed by atoms with Gasteiger partial charge in [0.2, 0.25) is 11.9 Å². The van der Waals surface area contributed by atoms with E-state index in [1.54, 1.807) is 0 Å². The van der Waals surface area contributed by atoms with Crippen LogP contribution in [0.4, 0.5) is 5.95 Å². The third kappa shape index (κ3) is 4.55. The molecule has 0 bridgehead atoms. The highest BCUT2D eigenvalue weighted by molar-refractivity contribution is 5.83. The van der Waals surface area contributed by atoms with Crippen molar-refractivity contribution in [3.63, 3.8) is 0 Å². The van der Waals surface area contributed by atoms with Crippen molar-refractivity contribution in [2.24, 2.45) is 5.41 Å². The molecule has 8 nitrogen and oxygen atoms in total. The lowest BCUT2D eigenvalue weighted by molar-refractivity contribution is -0.147. The second-order valence-corrected chi connectivity index (χ2v) is 7.82. The summed E-state index contributed by atoms with van der Waals surface area (Å²) in [6.45, 7) is 7.58. The zero-order valence-electron chi connectivity index (χ0n) is 16.1. The van der Waals surface area contributed by atoms with Gasteiger partial charge in [0.15, 0.2) is 0 Å². The Kier molecular flexibility index (Phi) is 5.94. The maximum Gasteiger partial charge on any atom is 0.326 e. The summed E-state index contributed by atoms with van der Waals surface area (Å²) in [7, 11) is 0. The highest BCUT2D eigenvalue weighted by atomic mass is 16.4. The predicted molar refractivity (Wildman–Crippen MR) is 101 cm³/mol. The summed E-state index contributed by atoms with van der Waals surface area (Å²) in [5, 5.41) is 12.6. The lowest BCUT2D eigenvalue weighted by Crippen LogP contribution is -2.42. The van der Waals surface area contributed by atoms with Gasteiger partial charge in [-0.15, -0.1) is 0 Å². The van der Waals surface area contributed by atoms with Crippen molar-refractivity contribution < 1.29 is 14.7 Å². The molecule has 2 N–H and O–H groups in total. The molecular formula is C19H29N5O3. The summed E-state index contributed by atoms with van der Waals surface area (Å²) in [4.78, 5) is 35.9. The Bertz CT molecular complexity index is 646. The second kappa shape index (κ2) is 8.21. The Morgan fingerprint density at radius 3 is 2.48 bits per heavy atom. The lowest BCUT2D eigenvalue weighted by atomic mass is 9.76. The van der Waals surface area contributed by atoms with Gasteiger partial charge in [0.25, 0.3) is 0 Å². The van der Waals surface area contributed by atoms with Gasteiger partial charge < -0.3 is 15.3 Å². The van der Waals surface area contributed by atoms with Crippen LogP contribution in [-0.4, -0.2) is 69.0 Å². The normalized spacial score (nSPS) is 22.1. The first kappa shape index (κ1) is 19.5. The molecular weight excluding hydrogens is 346 g/mol. The van der Waals surface area contributed by atoms with Gasteiger partial charge in [-0.2, -0.15) is 0 Å². The van der Waals surface area contributed by atoms with E-state index in [1.807, 2.05) is 12.4 Å². The minimum Gasteiger partial charge on any atom is -0.480 e. The van der Waals surface area contributed by atoms with Crippen LogP contribution in [0.1, 0.15) is 45.1 Å². The highest BCUT2D eigenvalue weighted by Gasteiger charge is 2.48. The molecule has 27 heavy (non-hydrogen) atoms. The molecule has 3 heterocycles. The standard InChI is InChI=1S/C19H29N5O3/c1-3-6-20-18-21-10-15(11-22-18)12-23-7-4-19(5-8-23)9-16(17(26)27)24(13-19)14(2)25/h10-11,16H,3-9,12-13H2,1-2H3,(H,26,27)(H,20,21,22)/t16-/m1/s1. The third-order valence-corrected chi connectivity index (χ3v) is 5.76. The Labute approximate surface area is 160 Å². The summed E-state index contributed by atoms with van der Waals surface area (Å²) in [6.07, 6.45) is 7.15. The van der Waals surface area contributed by atoms with Crippen LogP contribution in [0.2, 0.25) is 0 Å². The zero-order chi connectivity index (χ0) is 19.4. The third-order valence-electron chi connectivity index (χ3n) is 5.76. The Morgan fingerprint density at radius 2 is 1.96 bits per heavy atom. The van der Waals surface area contributed by atoms with Crippen LogP contribution in [0.5, 0.6) is 0 Å². The van der Waals surface area contributed by atoms with E-state index in [1.165, 1.54) is 11.8 Å². The Hall–Kier alpha value is -2.22. The van der Waals surface area contributed by atoms with Gasteiger partial charge in [-0.1, -0.05) is 6.92 Å². The molecule has 2 fully saturated rings. The molecule has 0 aromatic carbocycles. The monoisotopic (exact) mass is 375 g/mol. The molecule has 0 unspecified atom stereocenters. The fourth-order valence-electron chi connectivity index (χ4n) is 4.18. The van der Waals surface area contributed by atoms with E-state index >= 15 is 0 Å². The minimum atomic E-state index is -0.890. The Balaban J connectivity index is 1.54. The molecule has 2 aliphatic rings. The predicted octanol–water partition coefficient (Wildman–Crippen LogP) is 1.59. The SMILES string of the molecule is CCCNc1ncc(CN2CCC3(CC2)C[C@H](C(=O)O)N(C(C)=O)C3)cn1. The van der Waals surface area contributed by atoms with Gasteiger partial charge in [0.05, 0.1) is 0 Å². The Morgan fingerprint density at radius 1 is 1.30 bits per heavy atom. The fourth-order valence-corrected chi connectivity index (χ4v) is 4.18. The van der Waals surface area contributed by atoms with Gasteiger partial charge in [0.1, 0.15) is 6.04 Å². The van der Waals surface area contributed by atoms with Gasteiger partial charge in [-0.05, 0) is 44.2 Å². The number of hydrogen-bond donors (Lipinski definition) is 2. The van der Waals surface area contributed by atoms with Gasteiger partial charge in [-0.25, -0.2) is 14.8 Å². The molecule has 0 saturated carbocycles. The van der Waals surface area contributed by atoms with Crippen LogP contribution in [0.3, 0.4) is 0 Å². The minimum absolute atomic E-state index is 0.0599. The molecule has 8 heteroatoms. The van der Waals surface area contributed by atoms with Crippen molar-refractivity contribution >= 4 is 17.8 Å². The molecule has 1 atom stereocenters. The van der Waals surface area contributed by atoms with Crippen LogP contribution in [-0.2, 0) is 16.1 Å². The smallest absolute Gasteiger partial charge is 0.326 e. The number of rotatable bonds is 6. The van der Waals surface area contributed by atoms with E-state index in [2.05, 4.69) is 27.1 Å². The number of aliphatic carboxylic acids is 1. The van der Waals surface area contributed by atoms with Crippen molar-refractivity contribution in [3.05, 3.63) is 18.0 Å². The quantitative estimate of drug-likeness (QED) is 0.779. The summed E-state index contributed by atoms with van der Waals surface area (Å²) in [6, 6.07) is -0.675. The molecule has 148 valence electrons. The zero-order valence-corrected chi connectivity index (χ0v) is 16.1. The van der Waals surface area contributed by atoms with E-state index in [0.29, 0.717) is 18.9 Å². The van der Waals surface area contributed by atoms with Crippen LogP contribution >= 0.6 is 0 Å². The average Bonchev–Trinajstić information content (AvgIpc) is 3.03. The first-order valence-corrected chi connectivity index (χ1v) is 9.69. The molecule has 1 aromatic heterocycles. The van der Waals surface area contributed by atoms with Crippen LogP contribution in [0.15, 0.2) is 12.4 Å². The molecule has 0 aliphatic carbocycles. The number of carbonyl (C=O) groups is 2. The maximum absolute atomic E-state index is 11.8. The number of carboxylic acid groups (broad SMARTS) is 1. The number of likely N-dealkylation sites (tertiary alicyclic amines) is 2. The molecule has 1 amide bonds. The van der Waals surface area contributed by atoms with Crippen LogP contribution in [0, 0.1) is 5.41 Å². The second-order valence-electron chi connectivity index (χ2n) is 7.82. The number of amides is 1. The topological polar surface area (TPSA) is 98.7 Å². The van der Waals surface area contributed by atoms with E-state index in [-0.39, 0.29) is 11.3 Å². The summed E-state index contributed by atoms with van der Waals surface area (Å²) >= 11 is 0. The van der Waals surface area contributed by atoms with E-state index in [0.717, 1.165) is 51.0 Å². The number of hydrogen-bond acceptors (Lipinski definition) is 6. The van der Waals surface area contributed by atoms with Gasteiger partial charge in [0, 0.05) is 44.5 Å². The van der Waals surface area contributed by atoms with E-state index < -0.39 is 12.0 Å². The number of aromatic nitrogens is 2. The van der Waals surface area contributed by atoms with E-state index in [4.69, 9.17) is 0 Å². The van der Waals surface area contributed by atoms with Crippen molar-refractivity contribution in [2.45, 2.75) is 52.1 Å². The summed E-state index contributed by atoms with van der Waals surface area (Å²) in [5.74, 6) is -0.373. The lowest BCUT2D eigenvalue weighted by Gasteiger charge is -2.39. The number of nitrogens with zero attached hydrogens (tertiary/aromatic N) is 4. The number of anilines is 1. The van der Waals surface area contributed by atoms with Gasteiger partial charge >= 0.3 is 5.97 Å². The first-order chi connectivity index (χ1) is 12.9. The molecule has 1 aromatic rings. The molecule has 2 saturated heterocycles. The number of piperidine rings is 1. The van der Waals surface area contributed by atoms with Crippen molar-refractivity contribution in [2.75, 3.05) is 31.5 Å². The summed E-state index contributed by atoms with van der Waals surface area (Å²) in [5.41, 5.74) is 1.02. The van der Waals surface area contributed by atoms with Crippen molar-refractivity contribution in [1.82, 2.24) is 19.8 Å². The maximum atomic E-state index is 11.8. The molecule has 1 spiro atoms. The van der Waals surface area contributed by atoms with Crippen LogP contribution < -0.4 is 5.32 Å². The highest BCUT2D eigenvalue weighted by Crippen LogP contribution is 2.43. The van der Waals surface area contributed by atoms with Gasteiger partial charge in [-0.3, -0.25) is 9.69 Å².